The minimum atomic E-state index is 0.344. The normalized spacial score (nSPS) is 11.8. The molecule has 0 saturated heterocycles. The number of amidine groups is 1. The van der Waals surface area contributed by atoms with E-state index in [1.165, 1.54) is 0 Å². The largest absolute Gasteiger partial charge is 0.277 e. The van der Waals surface area contributed by atoms with Gasteiger partial charge in [0.05, 0.1) is 5.69 Å². The summed E-state index contributed by atoms with van der Waals surface area (Å²) < 4.78 is 0. The maximum atomic E-state index is 4.18. The van der Waals surface area contributed by atoms with Crippen LogP contribution in [-0.2, 0) is 0 Å². The third kappa shape index (κ3) is 4.24. The molecular formula is C14H16N6. The predicted octanol–water partition coefficient (Wildman–Crippen LogP) is 3.62. The van der Waals surface area contributed by atoms with Crippen LogP contribution in [0.25, 0.3) is 0 Å². The molecule has 2 rings (SSSR count). The van der Waals surface area contributed by atoms with E-state index in [0.29, 0.717) is 11.8 Å². The molecule has 1 heterocycles. The Bertz CT molecular complexity index is 613. The fraction of sp³-hybridized carbons (Fsp3) is 0.214. The summed E-state index contributed by atoms with van der Waals surface area (Å²) in [5.41, 5.74) is 5.52. The average Bonchev–Trinajstić information content (AvgIpc) is 2.43. The van der Waals surface area contributed by atoms with Crippen molar-refractivity contribution in [3.8, 4) is 0 Å². The summed E-state index contributed by atoms with van der Waals surface area (Å²) in [6.45, 7) is 5.54. The zero-order valence-corrected chi connectivity index (χ0v) is 11.7. The Morgan fingerprint density at radius 1 is 1.05 bits per heavy atom. The Balaban J connectivity index is 2.03. The van der Waals surface area contributed by atoms with Crippen LogP contribution in [0.4, 0.5) is 11.6 Å². The molecule has 6 heteroatoms. The highest BCUT2D eigenvalue weighted by Crippen LogP contribution is 2.08. The number of hydrogen-bond acceptors (Lipinski definition) is 5. The Morgan fingerprint density at radius 2 is 1.70 bits per heavy atom. The topological polar surface area (TPSA) is 74.9 Å². The second-order valence-electron chi connectivity index (χ2n) is 4.29. The second kappa shape index (κ2) is 6.51. The number of para-hydroxylation sites is 1. The van der Waals surface area contributed by atoms with Crippen LogP contribution in [0.3, 0.4) is 0 Å². The number of benzene rings is 1. The highest BCUT2D eigenvalue weighted by Gasteiger charge is 1.97. The zero-order valence-electron chi connectivity index (χ0n) is 11.7. The third-order valence-electron chi connectivity index (χ3n) is 2.38. The Hall–Kier alpha value is -2.63. The molecule has 1 aromatic carbocycles. The molecule has 0 aliphatic carbocycles. The molecule has 0 aliphatic rings. The first-order chi connectivity index (χ1) is 9.63. The van der Waals surface area contributed by atoms with E-state index in [1.807, 2.05) is 50.2 Å². The van der Waals surface area contributed by atoms with Gasteiger partial charge in [0.15, 0.2) is 5.84 Å². The summed E-state index contributed by atoms with van der Waals surface area (Å²) in [6, 6.07) is 11.5. The van der Waals surface area contributed by atoms with E-state index in [9.17, 15) is 0 Å². The highest BCUT2D eigenvalue weighted by molar-refractivity contribution is 5.80. The van der Waals surface area contributed by atoms with Crippen LogP contribution in [0.2, 0.25) is 0 Å². The number of azo groups is 1. The second-order valence-corrected chi connectivity index (χ2v) is 4.29. The summed E-state index contributed by atoms with van der Waals surface area (Å²) in [6.07, 6.45) is 0. The molecule has 6 nitrogen and oxygen atoms in total. The first-order valence-electron chi connectivity index (χ1n) is 6.23. The summed E-state index contributed by atoms with van der Waals surface area (Å²) in [7, 11) is 0. The van der Waals surface area contributed by atoms with Gasteiger partial charge in [0.2, 0.25) is 0 Å². The van der Waals surface area contributed by atoms with Crippen LogP contribution in [0.15, 0.2) is 51.7 Å². The van der Waals surface area contributed by atoms with Gasteiger partial charge in [0.1, 0.15) is 0 Å². The van der Waals surface area contributed by atoms with Gasteiger partial charge in [-0.05, 0) is 39.0 Å². The van der Waals surface area contributed by atoms with Crippen LogP contribution >= 0.6 is 0 Å². The molecule has 0 atom stereocenters. The van der Waals surface area contributed by atoms with Gasteiger partial charge in [0.25, 0.3) is 5.95 Å². The maximum Gasteiger partial charge on any atom is 0.269 e. The van der Waals surface area contributed by atoms with Crippen LogP contribution in [-0.4, -0.2) is 15.8 Å². The lowest BCUT2D eigenvalue weighted by Gasteiger charge is -1.99. The molecule has 1 N–H and O–H groups in total. The van der Waals surface area contributed by atoms with E-state index < -0.39 is 0 Å². The van der Waals surface area contributed by atoms with Crippen molar-refractivity contribution in [1.29, 1.82) is 0 Å². The van der Waals surface area contributed by atoms with Crippen molar-refractivity contribution in [1.82, 2.24) is 9.97 Å². The van der Waals surface area contributed by atoms with Crippen LogP contribution in [0.1, 0.15) is 18.3 Å². The summed E-state index contributed by atoms with van der Waals surface area (Å²) >= 11 is 0. The lowest BCUT2D eigenvalue weighted by molar-refractivity contribution is 1.01. The molecule has 0 aliphatic heterocycles. The first kappa shape index (κ1) is 13.8. The molecular weight excluding hydrogens is 252 g/mol. The lowest BCUT2D eigenvalue weighted by Crippen LogP contribution is -1.94. The Labute approximate surface area is 117 Å². The van der Waals surface area contributed by atoms with Crippen LogP contribution in [0, 0.1) is 13.8 Å². The first-order valence-corrected chi connectivity index (χ1v) is 6.23. The van der Waals surface area contributed by atoms with Gasteiger partial charge in [0, 0.05) is 11.4 Å². The van der Waals surface area contributed by atoms with Gasteiger partial charge in [-0.2, -0.15) is 5.10 Å². The number of anilines is 1. The maximum absolute atomic E-state index is 4.18. The fourth-order valence-electron chi connectivity index (χ4n) is 1.55. The SMILES string of the molecule is CC(N=Nc1nc(C)cc(C)n1)=NNc1ccccc1. The Morgan fingerprint density at radius 3 is 2.35 bits per heavy atom. The van der Waals surface area contributed by atoms with Crippen LogP contribution in [0.5, 0.6) is 0 Å². The monoisotopic (exact) mass is 268 g/mol. The van der Waals surface area contributed by atoms with Crippen LogP contribution < -0.4 is 5.43 Å². The third-order valence-corrected chi connectivity index (χ3v) is 2.38. The molecule has 1 aromatic heterocycles. The van der Waals surface area contributed by atoms with Crippen molar-refractivity contribution in [3.63, 3.8) is 0 Å². The number of hydrazone groups is 1. The molecule has 0 spiro atoms. The summed E-state index contributed by atoms with van der Waals surface area (Å²) in [5, 5.41) is 12.1. The van der Waals surface area contributed by atoms with E-state index in [1.54, 1.807) is 6.92 Å². The van der Waals surface area contributed by atoms with Gasteiger partial charge in [-0.1, -0.05) is 18.2 Å². The molecule has 0 fully saturated rings. The quantitative estimate of drug-likeness (QED) is 0.400. The van der Waals surface area contributed by atoms with E-state index in [0.717, 1.165) is 17.1 Å². The molecule has 20 heavy (non-hydrogen) atoms. The summed E-state index contributed by atoms with van der Waals surface area (Å²) in [4.78, 5) is 8.35. The standard InChI is InChI=1S/C14H16N6/c1-10-9-11(2)16-14(15-10)20-18-12(3)17-19-13-7-5-4-6-8-13/h4-9,19H,1-3H3. The molecule has 0 saturated carbocycles. The number of rotatable bonds is 3. The van der Waals surface area contributed by atoms with E-state index >= 15 is 0 Å². The molecule has 0 amide bonds. The number of nitrogens with one attached hydrogen (secondary N) is 1. The van der Waals surface area contributed by atoms with Crippen molar-refractivity contribution in [2.24, 2.45) is 15.3 Å². The van der Waals surface area contributed by atoms with Crippen molar-refractivity contribution < 1.29 is 0 Å². The minimum absolute atomic E-state index is 0.344. The molecule has 0 unspecified atom stereocenters. The lowest BCUT2D eigenvalue weighted by atomic mass is 10.3. The van der Waals surface area contributed by atoms with E-state index in [-0.39, 0.29) is 0 Å². The average molecular weight is 268 g/mol. The van der Waals surface area contributed by atoms with Crippen molar-refractivity contribution in [2.75, 3.05) is 5.43 Å². The van der Waals surface area contributed by atoms with Crippen molar-refractivity contribution in [3.05, 3.63) is 47.8 Å². The van der Waals surface area contributed by atoms with Crippen molar-refractivity contribution >= 4 is 17.5 Å². The number of hydrogen-bond donors (Lipinski definition) is 1. The van der Waals surface area contributed by atoms with Gasteiger partial charge in [-0.3, -0.25) is 5.43 Å². The smallest absolute Gasteiger partial charge is 0.269 e. The zero-order chi connectivity index (χ0) is 14.4. The van der Waals surface area contributed by atoms with Gasteiger partial charge >= 0.3 is 0 Å². The number of aromatic nitrogens is 2. The van der Waals surface area contributed by atoms with Crippen molar-refractivity contribution in [2.45, 2.75) is 20.8 Å². The molecule has 0 bridgehead atoms. The van der Waals surface area contributed by atoms with E-state index in [4.69, 9.17) is 0 Å². The molecule has 0 radical (unpaired) electrons. The highest BCUT2D eigenvalue weighted by atomic mass is 15.3. The van der Waals surface area contributed by atoms with Gasteiger partial charge in [-0.25, -0.2) is 9.97 Å². The predicted molar refractivity (Wildman–Crippen MR) is 79.2 cm³/mol. The molecule has 102 valence electrons. The number of aryl methyl sites for hydroxylation is 2. The summed E-state index contributed by atoms with van der Waals surface area (Å²) in [5.74, 6) is 0.841. The van der Waals surface area contributed by atoms with Gasteiger partial charge < -0.3 is 0 Å². The molecule has 2 aromatic rings. The van der Waals surface area contributed by atoms with E-state index in [2.05, 4.69) is 30.7 Å². The minimum Gasteiger partial charge on any atom is -0.277 e. The Kier molecular flexibility index (Phi) is 4.49. The fourth-order valence-corrected chi connectivity index (χ4v) is 1.55. The number of nitrogens with zero attached hydrogens (tertiary/aromatic N) is 5. The van der Waals surface area contributed by atoms with Gasteiger partial charge in [-0.15, -0.1) is 10.2 Å².